The fraction of sp³-hybridized carbons (Fsp3) is 0.647. The Morgan fingerprint density at radius 2 is 2.29 bits per heavy atom. The summed E-state index contributed by atoms with van der Waals surface area (Å²) in [4.78, 5) is 24.6. The third-order valence-electron chi connectivity index (χ3n) is 4.84. The second kappa shape index (κ2) is 6.55. The van der Waals surface area contributed by atoms with Crippen molar-refractivity contribution in [1.29, 1.82) is 0 Å². The Kier molecular flexibility index (Phi) is 4.42. The number of aliphatic hydroxyl groups excluding tert-OH is 1. The monoisotopic (exact) mass is 349 g/mol. The number of aromatic amines is 1. The van der Waals surface area contributed by atoms with Gasteiger partial charge in [0.2, 0.25) is 0 Å². The lowest BCUT2D eigenvalue weighted by atomic mass is 10.2. The van der Waals surface area contributed by atoms with Gasteiger partial charge < -0.3 is 14.8 Å². The second-order valence-corrected chi connectivity index (χ2v) is 7.90. The number of aromatic nitrogens is 2. The Bertz CT molecular complexity index is 796. The van der Waals surface area contributed by atoms with Crippen LogP contribution in [0.1, 0.15) is 35.5 Å². The first kappa shape index (κ1) is 16.2. The Balaban J connectivity index is 1.58. The molecular formula is C17H23N3O3S. The van der Waals surface area contributed by atoms with Gasteiger partial charge in [-0.3, -0.25) is 9.69 Å². The molecule has 0 radical (unpaired) electrons. The zero-order chi connectivity index (χ0) is 16.7. The van der Waals surface area contributed by atoms with Crippen molar-refractivity contribution >= 4 is 21.6 Å². The molecule has 2 heterocycles. The number of rotatable bonds is 7. The SMILES string of the molecule is COCC(O)CN(Cc1nc2sc3c(c2c(=O)[nH]1)CCC3)C1CC1. The van der Waals surface area contributed by atoms with Gasteiger partial charge in [-0.2, -0.15) is 0 Å². The Morgan fingerprint density at radius 1 is 1.46 bits per heavy atom. The molecule has 7 heteroatoms. The van der Waals surface area contributed by atoms with Crippen molar-refractivity contribution in [2.45, 2.75) is 50.8 Å². The van der Waals surface area contributed by atoms with Crippen molar-refractivity contribution in [3.63, 3.8) is 0 Å². The van der Waals surface area contributed by atoms with E-state index in [1.165, 1.54) is 10.4 Å². The van der Waals surface area contributed by atoms with E-state index in [-0.39, 0.29) is 5.56 Å². The molecule has 2 aromatic rings. The van der Waals surface area contributed by atoms with Gasteiger partial charge in [0.1, 0.15) is 10.7 Å². The van der Waals surface area contributed by atoms with Crippen LogP contribution in [0.3, 0.4) is 0 Å². The third kappa shape index (κ3) is 3.13. The standard InChI is InChI=1S/C17H23N3O3S/c1-23-9-11(21)7-20(10-5-6-10)8-14-18-16(22)15-12-3-2-4-13(12)24-17(15)19-14/h10-11,21H,2-9H2,1H3,(H,18,19,22). The molecule has 2 aliphatic carbocycles. The van der Waals surface area contributed by atoms with E-state index in [2.05, 4.69) is 9.88 Å². The quantitative estimate of drug-likeness (QED) is 0.791. The normalized spacial score (nSPS) is 18.5. The summed E-state index contributed by atoms with van der Waals surface area (Å²) < 4.78 is 5.02. The van der Waals surface area contributed by atoms with Gasteiger partial charge in [-0.25, -0.2) is 4.98 Å². The highest BCUT2D eigenvalue weighted by Gasteiger charge is 2.31. The molecule has 0 spiro atoms. The fourth-order valence-corrected chi connectivity index (χ4v) is 4.89. The van der Waals surface area contributed by atoms with Crippen LogP contribution in [0, 0.1) is 0 Å². The summed E-state index contributed by atoms with van der Waals surface area (Å²) in [5.74, 6) is 0.698. The average molecular weight is 349 g/mol. The zero-order valence-corrected chi connectivity index (χ0v) is 14.7. The minimum Gasteiger partial charge on any atom is -0.389 e. The summed E-state index contributed by atoms with van der Waals surface area (Å²) in [6, 6.07) is 0.478. The number of nitrogens with zero attached hydrogens (tertiary/aromatic N) is 2. The molecule has 6 nitrogen and oxygen atoms in total. The van der Waals surface area contributed by atoms with Crippen LogP contribution in [-0.2, 0) is 24.1 Å². The van der Waals surface area contributed by atoms with E-state index in [0.717, 1.165) is 42.3 Å². The predicted molar refractivity (Wildman–Crippen MR) is 93.6 cm³/mol. The van der Waals surface area contributed by atoms with E-state index in [1.807, 2.05) is 0 Å². The summed E-state index contributed by atoms with van der Waals surface area (Å²) in [6.45, 7) is 1.43. The highest BCUT2D eigenvalue weighted by molar-refractivity contribution is 7.18. The van der Waals surface area contributed by atoms with Gasteiger partial charge in [-0.15, -0.1) is 11.3 Å². The summed E-state index contributed by atoms with van der Waals surface area (Å²) in [7, 11) is 1.59. The summed E-state index contributed by atoms with van der Waals surface area (Å²) >= 11 is 1.67. The van der Waals surface area contributed by atoms with Crippen molar-refractivity contribution in [3.05, 3.63) is 26.6 Å². The minimum absolute atomic E-state index is 0.0115. The average Bonchev–Trinajstić information content (AvgIpc) is 3.18. The number of aryl methyl sites for hydroxylation is 2. The van der Waals surface area contributed by atoms with Gasteiger partial charge in [0, 0.05) is 24.6 Å². The van der Waals surface area contributed by atoms with Crippen molar-refractivity contribution in [2.24, 2.45) is 0 Å². The highest BCUT2D eigenvalue weighted by Crippen LogP contribution is 2.34. The molecule has 0 bridgehead atoms. The largest absolute Gasteiger partial charge is 0.389 e. The van der Waals surface area contributed by atoms with Crippen molar-refractivity contribution in [1.82, 2.24) is 14.9 Å². The van der Waals surface area contributed by atoms with Gasteiger partial charge in [-0.05, 0) is 37.7 Å². The summed E-state index contributed by atoms with van der Waals surface area (Å²) in [5, 5.41) is 10.8. The van der Waals surface area contributed by atoms with E-state index in [1.54, 1.807) is 18.4 Å². The number of aliphatic hydroxyl groups is 1. The van der Waals surface area contributed by atoms with Gasteiger partial charge >= 0.3 is 0 Å². The van der Waals surface area contributed by atoms with Crippen LogP contribution in [0.25, 0.3) is 10.2 Å². The Hall–Kier alpha value is -1.28. The first-order valence-electron chi connectivity index (χ1n) is 8.60. The molecule has 0 saturated heterocycles. The predicted octanol–water partition coefficient (Wildman–Crippen LogP) is 1.44. The third-order valence-corrected chi connectivity index (χ3v) is 6.03. The number of ether oxygens (including phenoxy) is 1. The van der Waals surface area contributed by atoms with Crippen LogP contribution >= 0.6 is 11.3 Å². The van der Waals surface area contributed by atoms with Crippen LogP contribution in [0.2, 0.25) is 0 Å². The molecule has 1 fully saturated rings. The highest BCUT2D eigenvalue weighted by atomic mass is 32.1. The molecule has 130 valence electrons. The van der Waals surface area contributed by atoms with Crippen LogP contribution in [0.5, 0.6) is 0 Å². The summed E-state index contributed by atoms with van der Waals surface area (Å²) in [5.41, 5.74) is 1.20. The molecule has 1 unspecified atom stereocenters. The molecule has 2 aromatic heterocycles. The lowest BCUT2D eigenvalue weighted by molar-refractivity contribution is 0.0331. The zero-order valence-electron chi connectivity index (χ0n) is 13.9. The maximum atomic E-state index is 12.5. The molecule has 4 rings (SSSR count). The first-order chi connectivity index (χ1) is 11.7. The van der Waals surface area contributed by atoms with Gasteiger partial charge in [0.05, 0.1) is 24.6 Å². The number of hydrogen-bond donors (Lipinski definition) is 2. The van der Waals surface area contributed by atoms with Crippen molar-refractivity contribution in [2.75, 3.05) is 20.3 Å². The van der Waals surface area contributed by atoms with Crippen LogP contribution in [0.4, 0.5) is 0 Å². The lowest BCUT2D eigenvalue weighted by Crippen LogP contribution is -2.36. The molecule has 1 atom stereocenters. The number of fused-ring (bicyclic) bond motifs is 3. The molecule has 2 N–H and O–H groups in total. The molecule has 0 aliphatic heterocycles. The molecule has 24 heavy (non-hydrogen) atoms. The first-order valence-corrected chi connectivity index (χ1v) is 9.42. The molecule has 0 aromatic carbocycles. The van der Waals surface area contributed by atoms with E-state index in [9.17, 15) is 9.90 Å². The molecule has 1 saturated carbocycles. The molecule has 0 amide bonds. The van der Waals surface area contributed by atoms with Crippen molar-refractivity contribution in [3.8, 4) is 0 Å². The van der Waals surface area contributed by atoms with Gasteiger partial charge in [-0.1, -0.05) is 0 Å². The fourth-order valence-electron chi connectivity index (χ4n) is 3.61. The van der Waals surface area contributed by atoms with Crippen LogP contribution in [-0.4, -0.2) is 52.4 Å². The minimum atomic E-state index is -0.517. The maximum Gasteiger partial charge on any atom is 0.259 e. The second-order valence-electron chi connectivity index (χ2n) is 6.82. The van der Waals surface area contributed by atoms with Crippen LogP contribution < -0.4 is 5.56 Å². The maximum absolute atomic E-state index is 12.5. The Morgan fingerprint density at radius 3 is 3.04 bits per heavy atom. The van der Waals surface area contributed by atoms with E-state index >= 15 is 0 Å². The molecule has 2 aliphatic rings. The number of thiophene rings is 1. The Labute approximate surface area is 144 Å². The van der Waals surface area contributed by atoms with Crippen LogP contribution in [0.15, 0.2) is 4.79 Å². The van der Waals surface area contributed by atoms with Gasteiger partial charge in [0.15, 0.2) is 0 Å². The van der Waals surface area contributed by atoms with E-state index < -0.39 is 6.10 Å². The van der Waals surface area contributed by atoms with E-state index in [0.29, 0.717) is 31.6 Å². The molecular weight excluding hydrogens is 326 g/mol. The smallest absolute Gasteiger partial charge is 0.259 e. The topological polar surface area (TPSA) is 78.5 Å². The summed E-state index contributed by atoms with van der Waals surface area (Å²) in [6.07, 6.45) is 4.97. The van der Waals surface area contributed by atoms with E-state index in [4.69, 9.17) is 9.72 Å². The number of H-pyrrole nitrogens is 1. The lowest BCUT2D eigenvalue weighted by Gasteiger charge is -2.24. The number of methoxy groups -OCH3 is 1. The number of hydrogen-bond acceptors (Lipinski definition) is 6. The van der Waals surface area contributed by atoms with Gasteiger partial charge in [0.25, 0.3) is 5.56 Å². The van der Waals surface area contributed by atoms with Crippen molar-refractivity contribution < 1.29 is 9.84 Å². The number of nitrogens with one attached hydrogen (secondary N) is 1.